The lowest BCUT2D eigenvalue weighted by molar-refractivity contribution is 0.504. The molecule has 1 aliphatic carbocycles. The summed E-state index contributed by atoms with van der Waals surface area (Å²) in [6, 6.07) is 16.9. The quantitative estimate of drug-likeness (QED) is 0.463. The first kappa shape index (κ1) is 26.4. The Morgan fingerprint density at radius 2 is 0.821 bits per heavy atom. The van der Waals surface area contributed by atoms with E-state index >= 15 is 0 Å². The van der Waals surface area contributed by atoms with Crippen LogP contribution in [0.4, 0.5) is 0 Å². The van der Waals surface area contributed by atoms with E-state index in [9.17, 15) is 0 Å². The van der Waals surface area contributed by atoms with Gasteiger partial charge in [0.2, 0.25) is 0 Å². The Hall–Kier alpha value is -1.56. The van der Waals surface area contributed by atoms with E-state index in [0.29, 0.717) is 0 Å². The van der Waals surface area contributed by atoms with E-state index in [1.165, 1.54) is 86.5 Å². The highest BCUT2D eigenvalue weighted by Gasteiger charge is 1.95. The van der Waals surface area contributed by atoms with Gasteiger partial charge < -0.3 is 0 Å². The standard InChI is InChI=1S/2C8H10.C6H12.C6H14/c1-7-3-5-8(2)6-4-7;1-7-4-3-5-8(2)6-7;1-2-4-6-5-3-1;1-3-5-6-4-2/h2*3-6H,1-2H3;1-6H2;3-6H2,1-2H3. The van der Waals surface area contributed by atoms with Crippen LogP contribution in [0.2, 0.25) is 0 Å². The highest BCUT2D eigenvalue weighted by molar-refractivity contribution is 5.20. The first-order valence-electron chi connectivity index (χ1n) is 11.6. The average molecular weight is 383 g/mol. The van der Waals surface area contributed by atoms with Gasteiger partial charge in [-0.15, -0.1) is 0 Å². The summed E-state index contributed by atoms with van der Waals surface area (Å²) in [5.74, 6) is 0. The molecule has 158 valence electrons. The predicted octanol–water partition coefficient (Wildman–Crippen LogP) is 9.53. The fourth-order valence-electron chi connectivity index (χ4n) is 3.00. The van der Waals surface area contributed by atoms with Crippen molar-refractivity contribution in [2.75, 3.05) is 0 Å². The number of unbranched alkanes of at least 4 members (excludes halogenated alkanes) is 3. The lowest BCUT2D eigenvalue weighted by atomic mass is 10.0. The second kappa shape index (κ2) is 18.8. The molecule has 0 nitrogen and oxygen atoms in total. The van der Waals surface area contributed by atoms with Gasteiger partial charge in [0.15, 0.2) is 0 Å². The van der Waals surface area contributed by atoms with Crippen molar-refractivity contribution in [2.45, 2.75) is 106 Å². The van der Waals surface area contributed by atoms with Crippen molar-refractivity contribution in [3.63, 3.8) is 0 Å². The van der Waals surface area contributed by atoms with Gasteiger partial charge in [0, 0.05) is 0 Å². The van der Waals surface area contributed by atoms with Gasteiger partial charge in [-0.2, -0.15) is 0 Å². The molecule has 0 bridgehead atoms. The van der Waals surface area contributed by atoms with Crippen molar-refractivity contribution >= 4 is 0 Å². The van der Waals surface area contributed by atoms with Crippen molar-refractivity contribution < 1.29 is 0 Å². The third-order valence-electron chi connectivity index (χ3n) is 4.85. The van der Waals surface area contributed by atoms with E-state index < -0.39 is 0 Å². The number of hydrogen-bond acceptors (Lipinski definition) is 0. The predicted molar refractivity (Wildman–Crippen MR) is 129 cm³/mol. The van der Waals surface area contributed by atoms with Crippen LogP contribution in [0, 0.1) is 27.7 Å². The van der Waals surface area contributed by atoms with Crippen molar-refractivity contribution in [1.29, 1.82) is 0 Å². The largest absolute Gasteiger partial charge is 0.0654 e. The van der Waals surface area contributed by atoms with Crippen LogP contribution >= 0.6 is 0 Å². The lowest BCUT2D eigenvalue weighted by Gasteiger charge is -2.05. The molecule has 0 heteroatoms. The third-order valence-corrected chi connectivity index (χ3v) is 4.85. The second-order valence-electron chi connectivity index (χ2n) is 8.14. The van der Waals surface area contributed by atoms with Crippen molar-refractivity contribution in [3.05, 3.63) is 70.8 Å². The minimum absolute atomic E-state index is 1.33. The van der Waals surface area contributed by atoms with Crippen molar-refractivity contribution in [2.24, 2.45) is 0 Å². The molecule has 1 saturated carbocycles. The summed E-state index contributed by atoms with van der Waals surface area (Å²) in [7, 11) is 0. The summed E-state index contributed by atoms with van der Waals surface area (Å²) in [6.07, 6.45) is 14.5. The molecule has 0 aliphatic heterocycles. The van der Waals surface area contributed by atoms with Gasteiger partial charge in [0.25, 0.3) is 0 Å². The highest BCUT2D eigenvalue weighted by atomic mass is 14.0. The Bertz CT molecular complexity index is 507. The van der Waals surface area contributed by atoms with Crippen LogP contribution in [0.25, 0.3) is 0 Å². The van der Waals surface area contributed by atoms with Gasteiger partial charge >= 0.3 is 0 Å². The summed E-state index contributed by atoms with van der Waals surface area (Å²) >= 11 is 0. The van der Waals surface area contributed by atoms with Gasteiger partial charge in [-0.25, -0.2) is 0 Å². The van der Waals surface area contributed by atoms with Gasteiger partial charge in [-0.3, -0.25) is 0 Å². The molecule has 1 aliphatic rings. The Labute approximate surface area is 176 Å². The smallest absolute Gasteiger partial charge is 0.0398 e. The normalized spacial score (nSPS) is 12.4. The molecule has 0 aromatic heterocycles. The Kier molecular flexibility index (Phi) is 17.7. The van der Waals surface area contributed by atoms with Gasteiger partial charge in [0.05, 0.1) is 0 Å². The maximum absolute atomic E-state index is 2.23. The zero-order chi connectivity index (χ0) is 21.0. The second-order valence-corrected chi connectivity index (χ2v) is 8.14. The van der Waals surface area contributed by atoms with Crippen LogP contribution in [0.1, 0.15) is 100 Å². The summed E-state index contributed by atoms with van der Waals surface area (Å²) in [6.45, 7) is 12.9. The minimum Gasteiger partial charge on any atom is -0.0654 e. The van der Waals surface area contributed by atoms with Gasteiger partial charge in [0.1, 0.15) is 0 Å². The van der Waals surface area contributed by atoms with Crippen LogP contribution in [0.15, 0.2) is 48.5 Å². The molecule has 1 fully saturated rings. The molecule has 0 N–H and O–H groups in total. The average Bonchev–Trinajstić information content (AvgIpc) is 2.71. The van der Waals surface area contributed by atoms with Crippen LogP contribution < -0.4 is 0 Å². The third kappa shape index (κ3) is 17.8. The Morgan fingerprint density at radius 1 is 0.500 bits per heavy atom. The molecule has 0 spiro atoms. The van der Waals surface area contributed by atoms with E-state index in [1.807, 2.05) is 0 Å². The Morgan fingerprint density at radius 3 is 1.04 bits per heavy atom. The molecule has 3 rings (SSSR count). The number of benzene rings is 2. The van der Waals surface area contributed by atoms with E-state index in [1.54, 1.807) is 0 Å². The molecule has 0 amide bonds. The van der Waals surface area contributed by atoms with Gasteiger partial charge in [-0.05, 0) is 27.7 Å². The Balaban J connectivity index is 0.000000351. The first-order valence-corrected chi connectivity index (χ1v) is 11.6. The molecule has 0 radical (unpaired) electrons. The monoisotopic (exact) mass is 382 g/mol. The van der Waals surface area contributed by atoms with Crippen LogP contribution in [-0.4, -0.2) is 0 Å². The zero-order valence-electron chi connectivity index (χ0n) is 19.7. The molecule has 28 heavy (non-hydrogen) atoms. The van der Waals surface area contributed by atoms with E-state index in [0.717, 1.165) is 0 Å². The van der Waals surface area contributed by atoms with Crippen LogP contribution in [0.3, 0.4) is 0 Å². The molecule has 0 saturated heterocycles. The van der Waals surface area contributed by atoms with Gasteiger partial charge in [-0.1, -0.05) is 149 Å². The fourth-order valence-corrected chi connectivity index (χ4v) is 3.00. The minimum atomic E-state index is 1.33. The number of rotatable bonds is 3. The topological polar surface area (TPSA) is 0 Å². The van der Waals surface area contributed by atoms with Crippen LogP contribution in [0.5, 0.6) is 0 Å². The SMILES string of the molecule is C1CCCCC1.CCCCCC.Cc1ccc(C)cc1.Cc1cccc(C)c1. The van der Waals surface area contributed by atoms with Crippen LogP contribution in [-0.2, 0) is 0 Å². The molecule has 0 unspecified atom stereocenters. The summed E-state index contributed by atoms with van der Waals surface area (Å²) in [5.41, 5.74) is 5.33. The summed E-state index contributed by atoms with van der Waals surface area (Å²) in [5, 5.41) is 0. The highest BCUT2D eigenvalue weighted by Crippen LogP contribution is 2.15. The summed E-state index contributed by atoms with van der Waals surface area (Å²) in [4.78, 5) is 0. The lowest BCUT2D eigenvalue weighted by Crippen LogP contribution is -1.85. The maximum atomic E-state index is 2.23. The molecular formula is C28H46. The first-order chi connectivity index (χ1) is 13.5. The van der Waals surface area contributed by atoms with Crippen molar-refractivity contribution in [3.8, 4) is 0 Å². The van der Waals surface area contributed by atoms with E-state index in [4.69, 9.17) is 0 Å². The fraction of sp³-hybridized carbons (Fsp3) is 0.571. The number of aryl methyl sites for hydroxylation is 4. The van der Waals surface area contributed by atoms with E-state index in [-0.39, 0.29) is 0 Å². The molecule has 2 aromatic rings. The molecular weight excluding hydrogens is 336 g/mol. The molecule has 0 atom stereocenters. The zero-order valence-corrected chi connectivity index (χ0v) is 19.7. The van der Waals surface area contributed by atoms with E-state index in [2.05, 4.69) is 90.1 Å². The maximum Gasteiger partial charge on any atom is -0.0398 e. The number of hydrogen-bond donors (Lipinski definition) is 0. The molecule has 0 heterocycles. The molecule has 2 aromatic carbocycles. The summed E-state index contributed by atoms with van der Waals surface area (Å²) < 4.78 is 0. The van der Waals surface area contributed by atoms with Crippen molar-refractivity contribution in [1.82, 2.24) is 0 Å².